The summed E-state index contributed by atoms with van der Waals surface area (Å²) in [4.78, 5) is 14.6. The number of carbonyl (C=O) groups excluding carboxylic acids is 1. The average Bonchev–Trinajstić information content (AvgIpc) is 3.27. The Balaban J connectivity index is 1.70. The molecule has 2 unspecified atom stereocenters. The van der Waals surface area contributed by atoms with Gasteiger partial charge in [-0.2, -0.15) is 0 Å². The summed E-state index contributed by atoms with van der Waals surface area (Å²) in [7, 11) is -0.232. The van der Waals surface area contributed by atoms with Crippen molar-refractivity contribution in [3.63, 3.8) is 0 Å². The van der Waals surface area contributed by atoms with E-state index in [0.717, 1.165) is 26.5 Å². The maximum absolute atomic E-state index is 12.5. The van der Waals surface area contributed by atoms with E-state index in [1.165, 1.54) is 6.08 Å². The van der Waals surface area contributed by atoms with Crippen LogP contribution in [0, 0.1) is 38.0 Å². The topological polar surface area (TPSA) is 35.5 Å². The SMILES string of the molecule is C#Cc1ccc[s+]1-c1cc(C)c(OCC(=O)OC(C)(C#Cc2ccccc2)C=C)c(C)c1. The van der Waals surface area contributed by atoms with Crippen LogP contribution in [-0.4, -0.2) is 18.2 Å². The smallest absolute Gasteiger partial charge is 0.345 e. The van der Waals surface area contributed by atoms with Gasteiger partial charge in [-0.05, 0) is 68.0 Å². The molecule has 32 heavy (non-hydrogen) atoms. The van der Waals surface area contributed by atoms with Gasteiger partial charge in [0, 0.05) is 34.2 Å². The van der Waals surface area contributed by atoms with Crippen LogP contribution in [0.1, 0.15) is 28.5 Å². The second-order valence-corrected chi connectivity index (χ2v) is 9.28. The van der Waals surface area contributed by atoms with Crippen LogP contribution in [0.25, 0.3) is 4.90 Å². The fraction of sp³-hybridized carbons (Fsp3) is 0.179. The predicted octanol–water partition coefficient (Wildman–Crippen LogP) is 5.94. The maximum atomic E-state index is 12.5. The number of hydrogen-bond acceptors (Lipinski definition) is 3. The fourth-order valence-electron chi connectivity index (χ4n) is 3.17. The molecule has 0 fully saturated rings. The molecule has 3 nitrogen and oxygen atoms in total. The van der Waals surface area contributed by atoms with Crippen molar-refractivity contribution in [2.75, 3.05) is 6.61 Å². The summed E-state index contributed by atoms with van der Waals surface area (Å²) in [6, 6.07) is 17.6. The molecule has 3 rings (SSSR count). The van der Waals surface area contributed by atoms with Crippen molar-refractivity contribution < 1.29 is 14.3 Å². The molecule has 0 bridgehead atoms. The van der Waals surface area contributed by atoms with Crippen LogP contribution in [0.5, 0.6) is 5.75 Å². The molecule has 0 aliphatic heterocycles. The van der Waals surface area contributed by atoms with E-state index in [0.29, 0.717) is 5.75 Å². The zero-order valence-electron chi connectivity index (χ0n) is 18.5. The second-order valence-electron chi connectivity index (χ2n) is 7.42. The minimum Gasteiger partial charge on any atom is -0.481 e. The highest BCUT2D eigenvalue weighted by atomic mass is 32.2. The number of benzene rings is 2. The van der Waals surface area contributed by atoms with Gasteiger partial charge in [0.05, 0.1) is 0 Å². The molecule has 0 aliphatic carbocycles. The molecule has 0 spiro atoms. The summed E-state index contributed by atoms with van der Waals surface area (Å²) in [5.74, 6) is 8.88. The standard InChI is InChI=1S/C28H25O3S/c1-6-24-14-11-17-32(24)25-18-21(3)27(22(4)19-25)30-20-26(29)31-28(5,7-2)16-15-23-12-9-8-10-13-23/h1,7-14,17-19H,2,20H2,3-5H3/q+1. The van der Waals surface area contributed by atoms with Gasteiger partial charge in [0.25, 0.3) is 0 Å². The Labute approximate surface area is 192 Å². The fourth-order valence-corrected chi connectivity index (χ4v) is 4.92. The van der Waals surface area contributed by atoms with Crippen LogP contribution in [0.15, 0.2) is 72.6 Å². The zero-order chi connectivity index (χ0) is 23.1. The Morgan fingerprint density at radius 3 is 2.47 bits per heavy atom. The van der Waals surface area contributed by atoms with E-state index < -0.39 is 11.6 Å². The van der Waals surface area contributed by atoms with Gasteiger partial charge >= 0.3 is 5.97 Å². The van der Waals surface area contributed by atoms with Crippen molar-refractivity contribution in [3.05, 3.63) is 94.2 Å². The van der Waals surface area contributed by atoms with Crippen molar-refractivity contribution in [1.29, 1.82) is 0 Å². The summed E-state index contributed by atoms with van der Waals surface area (Å²) >= 11 is 0. The van der Waals surface area contributed by atoms with Gasteiger partial charge in [0.2, 0.25) is 4.88 Å². The molecule has 0 N–H and O–H groups in total. The number of hydrogen-bond donors (Lipinski definition) is 0. The van der Waals surface area contributed by atoms with Gasteiger partial charge in [-0.1, -0.05) is 30.7 Å². The Hall–Kier alpha value is -3.73. The van der Waals surface area contributed by atoms with Crippen LogP contribution < -0.4 is 4.74 Å². The molecule has 0 aliphatic rings. The van der Waals surface area contributed by atoms with Crippen molar-refractivity contribution in [3.8, 4) is 34.8 Å². The van der Waals surface area contributed by atoms with Crippen LogP contribution in [0.2, 0.25) is 0 Å². The summed E-state index contributed by atoms with van der Waals surface area (Å²) in [6.45, 7) is 9.15. The number of esters is 1. The summed E-state index contributed by atoms with van der Waals surface area (Å²) in [5.41, 5.74) is 1.59. The molecule has 1 aromatic heterocycles. The van der Waals surface area contributed by atoms with E-state index >= 15 is 0 Å². The summed E-state index contributed by atoms with van der Waals surface area (Å²) in [5, 5.41) is 2.11. The Bertz CT molecular complexity index is 1210. The lowest BCUT2D eigenvalue weighted by Gasteiger charge is -2.20. The van der Waals surface area contributed by atoms with Gasteiger partial charge in [-0.25, -0.2) is 4.79 Å². The third kappa shape index (κ3) is 5.49. The number of thiophene rings is 1. The minimum atomic E-state index is -1.11. The molecular formula is C28H25O3S+. The molecular weight excluding hydrogens is 416 g/mol. The molecule has 2 aromatic carbocycles. The highest BCUT2D eigenvalue weighted by molar-refractivity contribution is 7.38. The zero-order valence-corrected chi connectivity index (χ0v) is 19.3. The lowest BCUT2D eigenvalue weighted by atomic mass is 10.1. The predicted molar refractivity (Wildman–Crippen MR) is 131 cm³/mol. The van der Waals surface area contributed by atoms with Crippen molar-refractivity contribution in [1.82, 2.24) is 0 Å². The first kappa shape index (κ1) is 22.9. The second kappa shape index (κ2) is 10.1. The molecule has 0 amide bonds. The number of carbonyl (C=O) groups is 1. The number of terminal acetylenes is 1. The first-order valence-electron chi connectivity index (χ1n) is 10.1. The molecule has 4 heteroatoms. The normalized spacial score (nSPS) is 12.5. The Kier molecular flexibility index (Phi) is 7.21. The van der Waals surface area contributed by atoms with Gasteiger partial charge in [0.15, 0.2) is 17.1 Å². The van der Waals surface area contributed by atoms with Crippen LogP contribution in [0.4, 0.5) is 0 Å². The maximum Gasteiger partial charge on any atom is 0.345 e. The molecule has 3 aromatic rings. The van der Waals surface area contributed by atoms with Crippen molar-refractivity contribution >= 4 is 16.4 Å². The van der Waals surface area contributed by atoms with Gasteiger partial charge in [0.1, 0.15) is 11.1 Å². The lowest BCUT2D eigenvalue weighted by molar-refractivity contribution is -0.152. The third-order valence-corrected chi connectivity index (χ3v) is 6.71. The highest BCUT2D eigenvalue weighted by Gasteiger charge is 2.24. The Morgan fingerprint density at radius 2 is 1.84 bits per heavy atom. The number of ether oxygens (including phenoxy) is 2. The van der Waals surface area contributed by atoms with Crippen molar-refractivity contribution in [2.45, 2.75) is 26.4 Å². The van der Waals surface area contributed by atoms with E-state index in [-0.39, 0.29) is 17.1 Å². The largest absolute Gasteiger partial charge is 0.481 e. The van der Waals surface area contributed by atoms with E-state index in [2.05, 4.69) is 41.9 Å². The third-order valence-electron chi connectivity index (χ3n) is 4.81. The first-order chi connectivity index (χ1) is 15.3. The molecule has 0 saturated carbocycles. The number of aryl methyl sites for hydroxylation is 2. The first-order valence-corrected chi connectivity index (χ1v) is 11.4. The quantitative estimate of drug-likeness (QED) is 0.205. The monoisotopic (exact) mass is 441 g/mol. The lowest BCUT2D eigenvalue weighted by Crippen LogP contribution is -2.30. The van der Waals surface area contributed by atoms with Gasteiger partial charge in [-0.15, -0.1) is 6.42 Å². The Morgan fingerprint density at radius 1 is 1.16 bits per heavy atom. The van der Waals surface area contributed by atoms with Crippen LogP contribution >= 0.6 is 10.5 Å². The molecule has 1 heterocycles. The molecule has 160 valence electrons. The summed E-state index contributed by atoms with van der Waals surface area (Å²) in [6.07, 6.45) is 7.13. The average molecular weight is 442 g/mol. The van der Waals surface area contributed by atoms with Gasteiger partial charge in [-0.3, -0.25) is 0 Å². The number of rotatable bonds is 6. The minimum absolute atomic E-state index is 0.224. The van der Waals surface area contributed by atoms with E-state index in [9.17, 15) is 4.79 Å². The van der Waals surface area contributed by atoms with E-state index in [1.54, 1.807) is 6.92 Å². The van der Waals surface area contributed by atoms with E-state index in [4.69, 9.17) is 15.9 Å². The molecule has 0 radical (unpaired) electrons. The van der Waals surface area contributed by atoms with Crippen LogP contribution in [0.3, 0.4) is 0 Å². The van der Waals surface area contributed by atoms with Gasteiger partial charge < -0.3 is 9.47 Å². The van der Waals surface area contributed by atoms with Crippen LogP contribution in [-0.2, 0) is 9.53 Å². The highest BCUT2D eigenvalue weighted by Crippen LogP contribution is 2.38. The summed E-state index contributed by atoms with van der Waals surface area (Å²) < 4.78 is 11.4. The van der Waals surface area contributed by atoms with E-state index in [1.807, 2.05) is 56.3 Å². The molecule has 0 saturated heterocycles. The molecule has 2 atom stereocenters. The van der Waals surface area contributed by atoms with Crippen molar-refractivity contribution in [2.24, 2.45) is 0 Å².